The Morgan fingerprint density at radius 3 is 2.95 bits per heavy atom. The maximum atomic E-state index is 11.3. The van der Waals surface area contributed by atoms with Crippen LogP contribution in [0.15, 0.2) is 45.3 Å². The van der Waals surface area contributed by atoms with E-state index in [2.05, 4.69) is 40.4 Å². The van der Waals surface area contributed by atoms with Crippen LogP contribution in [0.25, 0.3) is 0 Å². The maximum absolute atomic E-state index is 11.3. The van der Waals surface area contributed by atoms with E-state index in [0.717, 1.165) is 23.5 Å². The third-order valence-electron chi connectivity index (χ3n) is 2.91. The van der Waals surface area contributed by atoms with E-state index in [0.29, 0.717) is 11.8 Å². The third kappa shape index (κ3) is 5.00. The van der Waals surface area contributed by atoms with Crippen LogP contribution in [-0.4, -0.2) is 30.2 Å². The summed E-state index contributed by atoms with van der Waals surface area (Å²) in [5.41, 5.74) is 2.25. The van der Waals surface area contributed by atoms with Crippen LogP contribution in [0.2, 0.25) is 0 Å². The van der Waals surface area contributed by atoms with Crippen LogP contribution in [0.1, 0.15) is 11.1 Å². The summed E-state index contributed by atoms with van der Waals surface area (Å²) in [6, 6.07) is 7.69. The summed E-state index contributed by atoms with van der Waals surface area (Å²) in [6.07, 6.45) is 1.52. The summed E-state index contributed by atoms with van der Waals surface area (Å²) in [5, 5.41) is 3.92. The highest BCUT2D eigenvalue weighted by Gasteiger charge is 2.04. The summed E-state index contributed by atoms with van der Waals surface area (Å²) in [4.78, 5) is 19.2. The molecule has 1 heterocycles. The molecule has 0 atom stereocenters. The monoisotopic (exact) mass is 305 g/mol. The molecule has 6 heteroatoms. The van der Waals surface area contributed by atoms with Crippen molar-refractivity contribution >= 4 is 11.8 Å². The molecule has 0 spiro atoms. The van der Waals surface area contributed by atoms with Gasteiger partial charge >= 0.3 is 0 Å². The second kappa shape index (κ2) is 7.97. The van der Waals surface area contributed by atoms with E-state index in [-0.39, 0.29) is 5.56 Å². The molecule has 0 saturated carbocycles. The lowest BCUT2D eigenvalue weighted by atomic mass is 10.1. The molecule has 0 aliphatic heterocycles. The Kier molecular flexibility index (Phi) is 5.98. The first-order chi connectivity index (χ1) is 10.2. The summed E-state index contributed by atoms with van der Waals surface area (Å²) in [6.45, 7) is 4.42. The Morgan fingerprint density at radius 1 is 1.38 bits per heavy atom. The van der Waals surface area contributed by atoms with Crippen LogP contribution >= 0.6 is 11.8 Å². The molecule has 5 nitrogen and oxygen atoms in total. The highest BCUT2D eigenvalue weighted by Crippen LogP contribution is 2.27. The fourth-order valence-electron chi connectivity index (χ4n) is 1.85. The third-order valence-corrected chi connectivity index (χ3v) is 3.98. The van der Waals surface area contributed by atoms with Gasteiger partial charge in [-0.1, -0.05) is 23.9 Å². The normalized spacial score (nSPS) is 10.8. The van der Waals surface area contributed by atoms with Gasteiger partial charge in [0.15, 0.2) is 5.16 Å². The average Bonchev–Trinajstić information content (AvgIpc) is 2.46. The molecule has 21 heavy (non-hydrogen) atoms. The number of nitrogens with one attached hydrogen (secondary N) is 2. The fraction of sp³-hybridized carbons (Fsp3) is 0.333. The number of aryl methyl sites for hydroxylation is 1. The van der Waals surface area contributed by atoms with Crippen LogP contribution in [-0.2, 0) is 11.3 Å². The quantitative estimate of drug-likeness (QED) is 0.605. The minimum Gasteiger partial charge on any atom is -0.383 e. The predicted molar refractivity (Wildman–Crippen MR) is 83.7 cm³/mol. The van der Waals surface area contributed by atoms with Crippen molar-refractivity contribution in [3.05, 3.63) is 51.9 Å². The largest absolute Gasteiger partial charge is 0.383 e. The van der Waals surface area contributed by atoms with Crippen molar-refractivity contribution in [1.29, 1.82) is 0 Å². The van der Waals surface area contributed by atoms with E-state index in [4.69, 9.17) is 4.74 Å². The number of nitrogens with zero attached hydrogens (tertiary/aromatic N) is 1. The SMILES string of the molecule is COCCNCc1ccc(Sc2nccc(=O)[nH]2)c(C)c1. The van der Waals surface area contributed by atoms with E-state index >= 15 is 0 Å². The van der Waals surface area contributed by atoms with Crippen molar-refractivity contribution in [3.63, 3.8) is 0 Å². The highest BCUT2D eigenvalue weighted by molar-refractivity contribution is 7.99. The number of hydrogen-bond donors (Lipinski definition) is 2. The molecular formula is C15H19N3O2S. The van der Waals surface area contributed by atoms with Gasteiger partial charge in [-0.15, -0.1) is 0 Å². The van der Waals surface area contributed by atoms with Crippen LogP contribution in [0.4, 0.5) is 0 Å². The molecule has 0 aliphatic carbocycles. The summed E-state index contributed by atoms with van der Waals surface area (Å²) in [7, 11) is 1.69. The molecule has 0 bridgehead atoms. The van der Waals surface area contributed by atoms with Crippen LogP contribution in [0.5, 0.6) is 0 Å². The smallest absolute Gasteiger partial charge is 0.251 e. The molecule has 2 aromatic rings. The van der Waals surface area contributed by atoms with Gasteiger partial charge in [-0.05, 0) is 24.1 Å². The number of H-pyrrole nitrogens is 1. The zero-order valence-corrected chi connectivity index (χ0v) is 13.0. The molecular weight excluding hydrogens is 286 g/mol. The minimum atomic E-state index is -0.135. The van der Waals surface area contributed by atoms with Crippen LogP contribution < -0.4 is 10.9 Å². The first-order valence-electron chi connectivity index (χ1n) is 6.71. The van der Waals surface area contributed by atoms with Crippen molar-refractivity contribution in [1.82, 2.24) is 15.3 Å². The first kappa shape index (κ1) is 15.8. The molecule has 2 rings (SSSR count). The summed E-state index contributed by atoms with van der Waals surface area (Å²) >= 11 is 1.46. The van der Waals surface area contributed by atoms with Crippen molar-refractivity contribution in [2.45, 2.75) is 23.5 Å². The molecule has 0 saturated heterocycles. The van der Waals surface area contributed by atoms with E-state index in [9.17, 15) is 4.79 Å². The zero-order chi connectivity index (χ0) is 15.1. The highest BCUT2D eigenvalue weighted by atomic mass is 32.2. The van der Waals surface area contributed by atoms with Gasteiger partial charge in [-0.2, -0.15) is 0 Å². The molecule has 2 N–H and O–H groups in total. The van der Waals surface area contributed by atoms with Crippen molar-refractivity contribution in [3.8, 4) is 0 Å². The van der Waals surface area contributed by atoms with Gasteiger partial charge in [0.05, 0.1) is 6.61 Å². The van der Waals surface area contributed by atoms with Gasteiger partial charge in [0.1, 0.15) is 0 Å². The number of hydrogen-bond acceptors (Lipinski definition) is 5. The fourth-order valence-corrected chi connectivity index (χ4v) is 2.68. The van der Waals surface area contributed by atoms with Crippen LogP contribution in [0, 0.1) is 6.92 Å². The van der Waals surface area contributed by atoms with E-state index in [1.165, 1.54) is 29.6 Å². The molecule has 112 valence electrons. The minimum absolute atomic E-state index is 0.135. The Hall–Kier alpha value is -1.63. The van der Waals surface area contributed by atoms with Gasteiger partial charge in [0.2, 0.25) is 0 Å². The number of aromatic amines is 1. The number of aromatic nitrogens is 2. The Balaban J connectivity index is 2.00. The standard InChI is InChI=1S/C15H19N3O2S/c1-11-9-12(10-16-7-8-20-2)3-4-13(11)21-15-17-6-5-14(19)18-15/h3-6,9,16H,7-8,10H2,1-2H3,(H,17,18,19). The molecule has 1 aromatic carbocycles. The Morgan fingerprint density at radius 2 is 2.24 bits per heavy atom. The molecule has 0 radical (unpaired) electrons. The van der Waals surface area contributed by atoms with Gasteiger partial charge in [-0.3, -0.25) is 4.79 Å². The van der Waals surface area contributed by atoms with Gasteiger partial charge < -0.3 is 15.0 Å². The number of benzene rings is 1. The van der Waals surface area contributed by atoms with Gasteiger partial charge in [-0.25, -0.2) is 4.98 Å². The summed E-state index contributed by atoms with van der Waals surface area (Å²) in [5.74, 6) is 0. The summed E-state index contributed by atoms with van der Waals surface area (Å²) < 4.78 is 5.00. The second-order valence-electron chi connectivity index (χ2n) is 4.61. The second-order valence-corrected chi connectivity index (χ2v) is 5.64. The molecule has 0 fully saturated rings. The zero-order valence-electron chi connectivity index (χ0n) is 12.2. The molecule has 0 amide bonds. The van der Waals surface area contributed by atoms with Crippen molar-refractivity contribution in [2.75, 3.05) is 20.3 Å². The van der Waals surface area contributed by atoms with Crippen molar-refractivity contribution < 1.29 is 4.74 Å². The van der Waals surface area contributed by atoms with E-state index < -0.39 is 0 Å². The van der Waals surface area contributed by atoms with Crippen molar-refractivity contribution in [2.24, 2.45) is 0 Å². The lowest BCUT2D eigenvalue weighted by Gasteiger charge is -2.09. The van der Waals surface area contributed by atoms with E-state index in [1.807, 2.05) is 0 Å². The molecule has 1 aromatic heterocycles. The lowest BCUT2D eigenvalue weighted by Crippen LogP contribution is -2.18. The van der Waals surface area contributed by atoms with Gasteiger partial charge in [0.25, 0.3) is 5.56 Å². The number of rotatable bonds is 7. The Bertz CT molecular complexity index is 643. The maximum Gasteiger partial charge on any atom is 0.251 e. The Labute approximate surface area is 128 Å². The first-order valence-corrected chi connectivity index (χ1v) is 7.53. The average molecular weight is 305 g/mol. The van der Waals surface area contributed by atoms with Crippen LogP contribution in [0.3, 0.4) is 0 Å². The van der Waals surface area contributed by atoms with Gasteiger partial charge in [0, 0.05) is 37.4 Å². The molecule has 0 aliphatic rings. The predicted octanol–water partition coefficient (Wildman–Crippen LogP) is 1.97. The lowest BCUT2D eigenvalue weighted by molar-refractivity contribution is 0.199. The topological polar surface area (TPSA) is 67.0 Å². The molecule has 0 unspecified atom stereocenters. The number of ether oxygens (including phenoxy) is 1. The number of methoxy groups -OCH3 is 1. The van der Waals surface area contributed by atoms with E-state index in [1.54, 1.807) is 7.11 Å².